The van der Waals surface area contributed by atoms with Gasteiger partial charge in [-0.15, -0.1) is 0 Å². The fraction of sp³-hybridized carbons (Fsp3) is 0.958. The first-order valence-electron chi connectivity index (χ1n) is 12.2. The van der Waals surface area contributed by atoms with Gasteiger partial charge in [0.05, 0.1) is 0 Å². The Labute approximate surface area is 179 Å². The van der Waals surface area contributed by atoms with Crippen LogP contribution >= 0.6 is 0 Å². The van der Waals surface area contributed by atoms with Gasteiger partial charge >= 0.3 is 98.3 Å². The van der Waals surface area contributed by atoms with Gasteiger partial charge in [0.15, 0.2) is 0 Å². The third-order valence-corrected chi connectivity index (χ3v) is 14.2. The van der Waals surface area contributed by atoms with E-state index in [0.717, 1.165) is 12.8 Å². The molecule has 0 heterocycles. The Morgan fingerprint density at radius 1 is 0.556 bits per heavy atom. The summed E-state index contributed by atoms with van der Waals surface area (Å²) in [6.07, 6.45) is 20.3. The number of carboxylic acid groups (broad SMARTS) is 1. The molecule has 0 aliphatic carbocycles. The van der Waals surface area contributed by atoms with Crippen LogP contribution in [0.1, 0.15) is 130 Å². The summed E-state index contributed by atoms with van der Waals surface area (Å²) in [6.45, 7) is 9.23. The molecule has 0 saturated heterocycles. The van der Waals surface area contributed by atoms with E-state index < -0.39 is 25.7 Å². The van der Waals surface area contributed by atoms with Crippen molar-refractivity contribution in [2.45, 2.75) is 144 Å². The first-order chi connectivity index (χ1) is 13.1. The van der Waals surface area contributed by atoms with Crippen LogP contribution in [0.5, 0.6) is 0 Å². The molecule has 0 atom stereocenters. The second kappa shape index (κ2) is 26.3. The van der Waals surface area contributed by atoms with Gasteiger partial charge in [-0.2, -0.15) is 0 Å². The monoisotopic (exact) mass is 491 g/mol. The van der Waals surface area contributed by atoms with Crippen LogP contribution in [-0.4, -0.2) is 30.8 Å². The van der Waals surface area contributed by atoms with E-state index in [1.165, 1.54) is 83.5 Å². The average molecular weight is 490 g/mol. The van der Waals surface area contributed by atoms with Crippen molar-refractivity contribution in [2.24, 2.45) is 0 Å². The number of rotatable bonds is 19. The Morgan fingerprint density at radius 2 is 0.889 bits per heavy atom. The van der Waals surface area contributed by atoms with E-state index in [2.05, 4.69) is 27.7 Å². The first kappa shape index (κ1) is 29.5. The van der Waals surface area contributed by atoms with Crippen molar-refractivity contribution in [1.29, 1.82) is 0 Å². The Balaban J connectivity index is 0. The fourth-order valence-electron chi connectivity index (χ4n) is 3.24. The van der Waals surface area contributed by atoms with Gasteiger partial charge in [-0.1, -0.05) is 58.3 Å². The van der Waals surface area contributed by atoms with Crippen molar-refractivity contribution in [1.82, 2.24) is 0 Å². The van der Waals surface area contributed by atoms with E-state index in [1.807, 2.05) is 0 Å². The van der Waals surface area contributed by atoms with Gasteiger partial charge in [-0.05, 0) is 6.42 Å². The van der Waals surface area contributed by atoms with Crippen molar-refractivity contribution in [2.75, 3.05) is 0 Å². The molecule has 0 aromatic heterocycles. The number of unbranched alkanes of at least 4 members (excludes halogenated alkanes) is 11. The molecule has 163 valence electrons. The van der Waals surface area contributed by atoms with E-state index in [1.54, 1.807) is 13.3 Å². The standard InChI is InChI=1S/C12H24O2.3C4H9.Sn/c1-2-3-4-5-6-7-8-9-10-11-12(13)14;3*1-3-4-2;/h2-11H2,1H3,(H,13,14);3*1,3-4H2,2H3;. The number of hydrogen-bond donors (Lipinski definition) is 1. The predicted molar refractivity (Wildman–Crippen MR) is 124 cm³/mol. The summed E-state index contributed by atoms with van der Waals surface area (Å²) in [4.78, 5) is 10.2. The molecular formula is C24H51O2Sn. The molecule has 0 unspecified atom stereocenters. The van der Waals surface area contributed by atoms with Crippen LogP contribution in [0.15, 0.2) is 0 Å². The number of carbonyl (C=O) groups is 1. The fourth-order valence-corrected chi connectivity index (χ4v) is 12.7. The second-order valence-electron chi connectivity index (χ2n) is 8.03. The molecule has 0 aliphatic rings. The molecule has 0 aromatic rings. The Morgan fingerprint density at radius 3 is 1.22 bits per heavy atom. The van der Waals surface area contributed by atoms with E-state index in [9.17, 15) is 4.79 Å². The number of hydrogen-bond acceptors (Lipinski definition) is 1. The van der Waals surface area contributed by atoms with Gasteiger partial charge in [0, 0.05) is 6.42 Å². The van der Waals surface area contributed by atoms with Crippen molar-refractivity contribution in [3.05, 3.63) is 0 Å². The average Bonchev–Trinajstić information content (AvgIpc) is 2.66. The third kappa shape index (κ3) is 28.6. The summed E-state index contributed by atoms with van der Waals surface area (Å²) < 4.78 is 5.04. The molecule has 3 heteroatoms. The number of carboxylic acids is 1. The molecule has 0 aliphatic heterocycles. The van der Waals surface area contributed by atoms with Crippen molar-refractivity contribution < 1.29 is 9.90 Å². The zero-order chi connectivity index (χ0) is 20.6. The summed E-state index contributed by atoms with van der Waals surface area (Å²) in [5.74, 6) is -0.659. The molecule has 0 saturated carbocycles. The first-order valence-corrected chi connectivity index (χ1v) is 18.2. The van der Waals surface area contributed by atoms with Crippen LogP contribution in [0.25, 0.3) is 0 Å². The van der Waals surface area contributed by atoms with Crippen molar-refractivity contribution in [3.8, 4) is 0 Å². The molecular weight excluding hydrogens is 439 g/mol. The topological polar surface area (TPSA) is 37.3 Å². The van der Waals surface area contributed by atoms with Gasteiger partial charge < -0.3 is 5.11 Å². The Hall–Kier alpha value is 0.269. The van der Waals surface area contributed by atoms with Crippen molar-refractivity contribution in [3.63, 3.8) is 0 Å². The predicted octanol–water partition coefficient (Wildman–Crippen LogP) is 8.87. The second-order valence-corrected chi connectivity index (χ2v) is 16.6. The zero-order valence-electron chi connectivity index (χ0n) is 19.3. The summed E-state index contributed by atoms with van der Waals surface area (Å²) in [5.41, 5.74) is 0. The summed E-state index contributed by atoms with van der Waals surface area (Å²) in [5, 5.41) is 8.41. The van der Waals surface area contributed by atoms with Crippen LogP contribution < -0.4 is 0 Å². The van der Waals surface area contributed by atoms with Gasteiger partial charge in [0.2, 0.25) is 0 Å². The van der Waals surface area contributed by atoms with Gasteiger partial charge in [-0.3, -0.25) is 4.79 Å². The number of aliphatic carboxylic acids is 1. The SMILES string of the molecule is CCCCCCCCCCCC(=O)O.CCC[CH2][Sn]([CH2]CCC)[CH2]CCC. The molecule has 27 heavy (non-hydrogen) atoms. The molecule has 0 spiro atoms. The quantitative estimate of drug-likeness (QED) is 0.145. The van der Waals surface area contributed by atoms with Crippen LogP contribution in [0.4, 0.5) is 0 Å². The molecule has 2 nitrogen and oxygen atoms in total. The van der Waals surface area contributed by atoms with Gasteiger partial charge in [-0.25, -0.2) is 0 Å². The molecule has 0 bridgehead atoms. The summed E-state index contributed by atoms with van der Waals surface area (Å²) >= 11 is -0.839. The van der Waals surface area contributed by atoms with Gasteiger partial charge in [0.25, 0.3) is 0 Å². The molecule has 1 radical (unpaired) electrons. The maximum atomic E-state index is 10.2. The third-order valence-electron chi connectivity index (χ3n) is 5.15. The zero-order valence-corrected chi connectivity index (χ0v) is 22.1. The van der Waals surface area contributed by atoms with Crippen LogP contribution in [0.3, 0.4) is 0 Å². The summed E-state index contributed by atoms with van der Waals surface area (Å²) in [6, 6.07) is 0. The van der Waals surface area contributed by atoms with Crippen LogP contribution in [0, 0.1) is 0 Å². The molecule has 0 fully saturated rings. The minimum atomic E-state index is -0.839. The van der Waals surface area contributed by atoms with E-state index >= 15 is 0 Å². The van der Waals surface area contributed by atoms with Crippen LogP contribution in [0.2, 0.25) is 13.3 Å². The van der Waals surface area contributed by atoms with E-state index in [-0.39, 0.29) is 0 Å². The van der Waals surface area contributed by atoms with E-state index in [0.29, 0.717) is 6.42 Å². The summed E-state index contributed by atoms with van der Waals surface area (Å²) in [7, 11) is 0. The molecule has 0 rings (SSSR count). The van der Waals surface area contributed by atoms with Gasteiger partial charge in [0.1, 0.15) is 0 Å². The normalized spacial score (nSPS) is 10.7. The van der Waals surface area contributed by atoms with Crippen LogP contribution in [-0.2, 0) is 4.79 Å². The minimum absolute atomic E-state index is 0.343. The molecule has 0 amide bonds. The van der Waals surface area contributed by atoms with E-state index in [4.69, 9.17) is 5.11 Å². The molecule has 0 aromatic carbocycles. The maximum absolute atomic E-state index is 10.2. The Kier molecular flexibility index (Phi) is 28.7. The Bertz CT molecular complexity index is 263. The van der Waals surface area contributed by atoms with Crippen molar-refractivity contribution >= 4 is 25.7 Å². The molecule has 1 N–H and O–H groups in total.